The molecule has 1 aliphatic rings. The topological polar surface area (TPSA) is 41.3 Å². The van der Waals surface area contributed by atoms with Crippen LogP contribution in [0, 0.1) is 0 Å². The van der Waals surface area contributed by atoms with E-state index in [0.29, 0.717) is 0 Å². The zero-order valence-electron chi connectivity index (χ0n) is 10.5. The minimum atomic E-state index is -0.505. The predicted octanol–water partition coefficient (Wildman–Crippen LogP) is 1.44. The summed E-state index contributed by atoms with van der Waals surface area (Å²) in [6, 6.07) is 10.1. The number of hydrogen-bond acceptors (Lipinski definition) is 3. The maximum atomic E-state index is 9.68. The fourth-order valence-corrected chi connectivity index (χ4v) is 2.45. The van der Waals surface area contributed by atoms with E-state index in [-0.39, 0.29) is 0 Å². The van der Waals surface area contributed by atoms with Crippen molar-refractivity contribution in [3.63, 3.8) is 0 Å². The third kappa shape index (κ3) is 2.30. The van der Waals surface area contributed by atoms with Gasteiger partial charge in [-0.1, -0.05) is 18.2 Å². The number of β-amino-alcohol motifs (C(OH)–C–C–N with tert-alkyl or cyclic N) is 1. The molecule has 1 aromatic carbocycles. The molecule has 4 nitrogen and oxygen atoms in total. The molecule has 1 N–H and O–H groups in total. The normalized spacial score (nSPS) is 18.6. The number of aliphatic hydroxyl groups is 1. The monoisotopic (exact) mass is 243 g/mol. The van der Waals surface area contributed by atoms with Gasteiger partial charge in [0.05, 0.1) is 17.5 Å². The van der Waals surface area contributed by atoms with Crippen LogP contribution in [0.1, 0.15) is 12.5 Å². The summed E-state index contributed by atoms with van der Waals surface area (Å²) in [5.74, 6) is 0. The first-order valence-corrected chi connectivity index (χ1v) is 6.16. The molecule has 0 atom stereocenters. The van der Waals surface area contributed by atoms with Gasteiger partial charge in [0.25, 0.3) is 0 Å². The molecule has 0 aliphatic carbocycles. The van der Waals surface area contributed by atoms with Gasteiger partial charge in [0.15, 0.2) is 0 Å². The van der Waals surface area contributed by atoms with Crippen molar-refractivity contribution in [3.05, 3.63) is 48.3 Å². The van der Waals surface area contributed by atoms with Crippen LogP contribution in [0.4, 0.5) is 0 Å². The molecule has 1 fully saturated rings. The lowest BCUT2D eigenvalue weighted by atomic mass is 9.97. The molecule has 2 aromatic rings. The number of aromatic nitrogens is 2. The lowest BCUT2D eigenvalue weighted by molar-refractivity contribution is -0.0871. The van der Waals surface area contributed by atoms with Crippen molar-refractivity contribution in [3.8, 4) is 5.69 Å². The van der Waals surface area contributed by atoms with Crippen molar-refractivity contribution in [2.45, 2.75) is 19.1 Å². The van der Waals surface area contributed by atoms with Crippen molar-refractivity contribution in [1.29, 1.82) is 0 Å². The molecule has 2 heterocycles. The lowest BCUT2D eigenvalue weighted by Gasteiger charge is -2.44. The number of benzene rings is 1. The van der Waals surface area contributed by atoms with E-state index in [0.717, 1.165) is 25.3 Å². The maximum Gasteiger partial charge on any atom is 0.0872 e. The first kappa shape index (κ1) is 11.4. The minimum absolute atomic E-state index is 0.505. The highest BCUT2D eigenvalue weighted by molar-refractivity contribution is 5.30. The molecule has 0 radical (unpaired) electrons. The first-order chi connectivity index (χ1) is 8.62. The number of hydrogen-bond donors (Lipinski definition) is 1. The highest BCUT2D eigenvalue weighted by Crippen LogP contribution is 2.22. The zero-order valence-corrected chi connectivity index (χ0v) is 10.5. The second kappa shape index (κ2) is 4.23. The fraction of sp³-hybridized carbons (Fsp3) is 0.357. The summed E-state index contributed by atoms with van der Waals surface area (Å²) >= 11 is 0. The first-order valence-electron chi connectivity index (χ1n) is 6.16. The molecule has 3 rings (SSSR count). The average Bonchev–Trinajstić information content (AvgIpc) is 2.76. The van der Waals surface area contributed by atoms with Gasteiger partial charge in [-0.2, -0.15) is 5.10 Å². The molecule has 1 aromatic heterocycles. The molecule has 94 valence electrons. The van der Waals surface area contributed by atoms with E-state index >= 15 is 0 Å². The van der Waals surface area contributed by atoms with Gasteiger partial charge in [-0.25, -0.2) is 4.68 Å². The largest absolute Gasteiger partial charge is 0.388 e. The van der Waals surface area contributed by atoms with E-state index in [1.54, 1.807) is 0 Å². The summed E-state index contributed by atoms with van der Waals surface area (Å²) in [7, 11) is 0. The van der Waals surface area contributed by atoms with E-state index < -0.39 is 5.60 Å². The standard InChI is InChI=1S/C14H17N3O/c1-14(18)10-16(11-14)8-12-7-15-17(9-12)13-5-3-2-4-6-13/h2-7,9,18H,8,10-11H2,1H3. The zero-order chi connectivity index (χ0) is 12.6. The quantitative estimate of drug-likeness (QED) is 0.887. The Morgan fingerprint density at radius 3 is 2.67 bits per heavy atom. The number of para-hydroxylation sites is 1. The fourth-order valence-electron chi connectivity index (χ4n) is 2.45. The Kier molecular flexibility index (Phi) is 2.69. The van der Waals surface area contributed by atoms with Crippen LogP contribution in [0.25, 0.3) is 5.69 Å². The van der Waals surface area contributed by atoms with Gasteiger partial charge < -0.3 is 5.11 Å². The second-order valence-electron chi connectivity index (χ2n) is 5.27. The Hall–Kier alpha value is -1.65. The Morgan fingerprint density at radius 1 is 1.28 bits per heavy atom. The molecule has 0 spiro atoms. The van der Waals surface area contributed by atoms with Gasteiger partial charge in [0, 0.05) is 31.4 Å². The third-order valence-corrected chi connectivity index (χ3v) is 3.19. The van der Waals surface area contributed by atoms with E-state index in [4.69, 9.17) is 0 Å². The van der Waals surface area contributed by atoms with Crippen molar-refractivity contribution in [2.75, 3.05) is 13.1 Å². The van der Waals surface area contributed by atoms with Crippen LogP contribution < -0.4 is 0 Å². The van der Waals surface area contributed by atoms with Gasteiger partial charge in [0.1, 0.15) is 0 Å². The summed E-state index contributed by atoms with van der Waals surface area (Å²) in [4.78, 5) is 2.21. The van der Waals surface area contributed by atoms with Crippen LogP contribution in [0.5, 0.6) is 0 Å². The number of nitrogens with zero attached hydrogens (tertiary/aromatic N) is 3. The van der Waals surface area contributed by atoms with Crippen LogP contribution in [0.2, 0.25) is 0 Å². The average molecular weight is 243 g/mol. The molecule has 18 heavy (non-hydrogen) atoms. The SMILES string of the molecule is CC1(O)CN(Cc2cnn(-c3ccccc3)c2)C1. The molecule has 0 bridgehead atoms. The van der Waals surface area contributed by atoms with Crippen LogP contribution in [-0.2, 0) is 6.54 Å². The smallest absolute Gasteiger partial charge is 0.0872 e. The molecule has 4 heteroatoms. The van der Waals surface area contributed by atoms with E-state index in [1.165, 1.54) is 5.56 Å². The molecule has 0 amide bonds. The molecular weight excluding hydrogens is 226 g/mol. The molecular formula is C14H17N3O. The number of likely N-dealkylation sites (tertiary alicyclic amines) is 1. The van der Waals surface area contributed by atoms with Gasteiger partial charge in [-0.05, 0) is 19.1 Å². The molecule has 1 aliphatic heterocycles. The molecule has 1 saturated heterocycles. The summed E-state index contributed by atoms with van der Waals surface area (Å²) in [6.45, 7) is 4.20. The van der Waals surface area contributed by atoms with Crippen molar-refractivity contribution in [2.24, 2.45) is 0 Å². The van der Waals surface area contributed by atoms with Crippen molar-refractivity contribution >= 4 is 0 Å². The van der Waals surface area contributed by atoms with E-state index in [1.807, 2.05) is 54.3 Å². The summed E-state index contributed by atoms with van der Waals surface area (Å²) in [5, 5.41) is 14.0. The summed E-state index contributed by atoms with van der Waals surface area (Å²) in [6.07, 6.45) is 3.93. The second-order valence-corrected chi connectivity index (χ2v) is 5.27. The van der Waals surface area contributed by atoms with Crippen LogP contribution >= 0.6 is 0 Å². The Morgan fingerprint density at radius 2 is 2.00 bits per heavy atom. The number of rotatable bonds is 3. The van der Waals surface area contributed by atoms with Gasteiger partial charge >= 0.3 is 0 Å². The Balaban J connectivity index is 1.68. The maximum absolute atomic E-state index is 9.68. The highest BCUT2D eigenvalue weighted by atomic mass is 16.3. The van der Waals surface area contributed by atoms with Gasteiger partial charge in [-0.15, -0.1) is 0 Å². The lowest BCUT2D eigenvalue weighted by Crippen LogP contribution is -2.59. The molecule has 0 unspecified atom stereocenters. The van der Waals surface area contributed by atoms with E-state index in [2.05, 4.69) is 10.00 Å². The molecule has 0 saturated carbocycles. The minimum Gasteiger partial charge on any atom is -0.388 e. The third-order valence-electron chi connectivity index (χ3n) is 3.19. The van der Waals surface area contributed by atoms with Crippen molar-refractivity contribution in [1.82, 2.24) is 14.7 Å². The van der Waals surface area contributed by atoms with Gasteiger partial charge in [0.2, 0.25) is 0 Å². The Labute approximate surface area is 106 Å². The predicted molar refractivity (Wildman–Crippen MR) is 69.5 cm³/mol. The van der Waals surface area contributed by atoms with Crippen LogP contribution in [0.3, 0.4) is 0 Å². The van der Waals surface area contributed by atoms with E-state index in [9.17, 15) is 5.11 Å². The Bertz CT molecular complexity index is 525. The summed E-state index contributed by atoms with van der Waals surface area (Å²) in [5.41, 5.74) is 1.74. The van der Waals surface area contributed by atoms with Crippen LogP contribution in [-0.4, -0.2) is 38.5 Å². The summed E-state index contributed by atoms with van der Waals surface area (Å²) < 4.78 is 1.88. The van der Waals surface area contributed by atoms with Gasteiger partial charge in [-0.3, -0.25) is 4.90 Å². The van der Waals surface area contributed by atoms with Crippen molar-refractivity contribution < 1.29 is 5.11 Å². The highest BCUT2D eigenvalue weighted by Gasteiger charge is 2.36. The van der Waals surface area contributed by atoms with Crippen LogP contribution in [0.15, 0.2) is 42.7 Å².